The molecule has 134 valence electrons. The van der Waals surface area contributed by atoms with E-state index in [1.165, 1.54) is 0 Å². The summed E-state index contributed by atoms with van der Waals surface area (Å²) in [5.74, 6) is 1.63. The van der Waals surface area contributed by atoms with Gasteiger partial charge in [0, 0.05) is 30.6 Å². The van der Waals surface area contributed by atoms with Gasteiger partial charge in [0.05, 0.1) is 0 Å². The van der Waals surface area contributed by atoms with Gasteiger partial charge in [-0.05, 0) is 44.4 Å². The van der Waals surface area contributed by atoms with Gasteiger partial charge >= 0.3 is 0 Å². The van der Waals surface area contributed by atoms with Crippen molar-refractivity contribution in [2.24, 2.45) is 0 Å². The van der Waals surface area contributed by atoms with Crippen molar-refractivity contribution in [3.05, 3.63) is 41.4 Å². The molecule has 25 heavy (non-hydrogen) atoms. The van der Waals surface area contributed by atoms with Gasteiger partial charge < -0.3 is 14.2 Å². The maximum atomic E-state index is 12.5. The van der Waals surface area contributed by atoms with Crippen LogP contribution < -0.4 is 4.74 Å². The maximum Gasteiger partial charge on any atom is 0.260 e. The summed E-state index contributed by atoms with van der Waals surface area (Å²) in [7, 11) is 0. The molecule has 2 heterocycles. The Morgan fingerprint density at radius 2 is 2.32 bits per heavy atom. The van der Waals surface area contributed by atoms with E-state index in [2.05, 4.69) is 17.1 Å². The molecule has 1 aliphatic heterocycles. The van der Waals surface area contributed by atoms with E-state index in [1.807, 2.05) is 15.5 Å². The van der Waals surface area contributed by atoms with E-state index in [0.29, 0.717) is 10.8 Å². The molecule has 1 fully saturated rings. The minimum Gasteiger partial charge on any atom is -0.484 e. The van der Waals surface area contributed by atoms with Crippen LogP contribution in [0.5, 0.6) is 5.75 Å². The van der Waals surface area contributed by atoms with Crippen molar-refractivity contribution in [1.82, 2.24) is 19.7 Å². The average molecular weight is 363 g/mol. The summed E-state index contributed by atoms with van der Waals surface area (Å²) in [6.45, 7) is 3.78. The predicted octanol–water partition coefficient (Wildman–Crippen LogP) is 2.95. The van der Waals surface area contributed by atoms with Crippen LogP contribution in [-0.4, -0.2) is 44.8 Å². The molecule has 6 nitrogen and oxygen atoms in total. The Balaban J connectivity index is 1.52. The lowest BCUT2D eigenvalue weighted by Crippen LogP contribution is -2.39. The quantitative estimate of drug-likeness (QED) is 0.759. The van der Waals surface area contributed by atoms with Crippen molar-refractivity contribution >= 4 is 17.5 Å². The third kappa shape index (κ3) is 4.51. The minimum atomic E-state index is 0.0273. The Labute approximate surface area is 152 Å². The number of carbonyl (C=O) groups is 1. The largest absolute Gasteiger partial charge is 0.484 e. The summed E-state index contributed by atoms with van der Waals surface area (Å²) in [4.78, 5) is 14.5. The number of benzene rings is 1. The molecule has 3 rings (SSSR count). The topological polar surface area (TPSA) is 60.2 Å². The van der Waals surface area contributed by atoms with Crippen molar-refractivity contribution in [3.8, 4) is 5.75 Å². The summed E-state index contributed by atoms with van der Waals surface area (Å²) in [5.41, 5.74) is 0. The first-order valence-corrected chi connectivity index (χ1v) is 9.09. The number of amides is 1. The van der Waals surface area contributed by atoms with E-state index in [0.717, 1.165) is 44.6 Å². The molecule has 7 heteroatoms. The zero-order valence-corrected chi connectivity index (χ0v) is 15.2. The number of halogens is 1. The molecular formula is C18H23ClN4O2. The number of hydrogen-bond donors (Lipinski definition) is 0. The zero-order valence-electron chi connectivity index (χ0n) is 14.4. The van der Waals surface area contributed by atoms with Crippen LogP contribution in [0.1, 0.15) is 32.0 Å². The van der Waals surface area contributed by atoms with Gasteiger partial charge in [0.1, 0.15) is 17.9 Å². The molecule has 0 aliphatic carbocycles. The molecule has 0 N–H and O–H groups in total. The van der Waals surface area contributed by atoms with Gasteiger partial charge in [0.15, 0.2) is 6.61 Å². The second kappa shape index (κ2) is 8.34. The van der Waals surface area contributed by atoms with Crippen molar-refractivity contribution in [2.75, 3.05) is 13.2 Å². The molecular weight excluding hydrogens is 340 g/mol. The molecule has 0 radical (unpaired) electrons. The third-order valence-corrected chi connectivity index (χ3v) is 4.83. The monoisotopic (exact) mass is 362 g/mol. The molecule has 0 bridgehead atoms. The minimum absolute atomic E-state index is 0.0273. The first-order valence-electron chi connectivity index (χ1n) is 8.72. The number of aromatic nitrogens is 3. The van der Waals surface area contributed by atoms with E-state index >= 15 is 0 Å². The Kier molecular flexibility index (Phi) is 5.91. The normalized spacial score (nSPS) is 17.0. The number of hydrogen-bond acceptors (Lipinski definition) is 4. The molecule has 0 spiro atoms. The van der Waals surface area contributed by atoms with Crippen molar-refractivity contribution in [3.63, 3.8) is 0 Å². The zero-order chi connectivity index (χ0) is 17.6. The molecule has 1 atom stereocenters. The number of ether oxygens (including phenoxy) is 1. The van der Waals surface area contributed by atoms with Gasteiger partial charge in [-0.1, -0.05) is 17.7 Å². The van der Waals surface area contributed by atoms with Crippen molar-refractivity contribution in [1.29, 1.82) is 0 Å². The van der Waals surface area contributed by atoms with Crippen molar-refractivity contribution < 1.29 is 9.53 Å². The molecule has 1 aromatic heterocycles. The van der Waals surface area contributed by atoms with E-state index < -0.39 is 0 Å². The highest BCUT2D eigenvalue weighted by atomic mass is 35.5. The molecule has 1 aromatic carbocycles. The smallest absolute Gasteiger partial charge is 0.260 e. The summed E-state index contributed by atoms with van der Waals surface area (Å²) in [6, 6.07) is 7.36. The summed E-state index contributed by atoms with van der Waals surface area (Å²) in [5, 5.41) is 8.74. The number of carbonyl (C=O) groups excluding carboxylic acids is 1. The third-order valence-electron chi connectivity index (χ3n) is 4.59. The standard InChI is InChI=1S/C18H23ClN4O2/c1-2-22-13-20-21-17(22)9-8-15-6-4-10-23(15)18(24)12-25-16-7-3-5-14(19)11-16/h3,5,7,11,13,15H,2,4,6,8-10,12H2,1H3. The van der Waals surface area contributed by atoms with Crippen LogP contribution >= 0.6 is 11.6 Å². The van der Waals surface area contributed by atoms with Gasteiger partial charge in [-0.15, -0.1) is 10.2 Å². The fourth-order valence-corrected chi connectivity index (χ4v) is 3.46. The van der Waals surface area contributed by atoms with E-state index in [-0.39, 0.29) is 18.6 Å². The first kappa shape index (κ1) is 17.7. The number of likely N-dealkylation sites (tertiary alicyclic amines) is 1. The summed E-state index contributed by atoms with van der Waals surface area (Å²) < 4.78 is 7.64. The van der Waals surface area contributed by atoms with Crippen molar-refractivity contribution in [2.45, 2.75) is 45.2 Å². The lowest BCUT2D eigenvalue weighted by atomic mass is 10.1. The van der Waals surface area contributed by atoms with Gasteiger partial charge in [0.25, 0.3) is 5.91 Å². The lowest BCUT2D eigenvalue weighted by Gasteiger charge is -2.24. The second-order valence-electron chi connectivity index (χ2n) is 6.20. The molecule has 0 saturated carbocycles. The Hall–Kier alpha value is -2.08. The van der Waals surface area contributed by atoms with E-state index in [9.17, 15) is 4.79 Å². The number of rotatable bonds is 7. The highest BCUT2D eigenvalue weighted by Crippen LogP contribution is 2.22. The lowest BCUT2D eigenvalue weighted by molar-refractivity contribution is -0.134. The molecule has 1 amide bonds. The van der Waals surface area contributed by atoms with E-state index in [4.69, 9.17) is 16.3 Å². The highest BCUT2D eigenvalue weighted by Gasteiger charge is 2.29. The van der Waals surface area contributed by atoms with Crippen LogP contribution in [0.4, 0.5) is 0 Å². The Bertz CT molecular complexity index is 719. The van der Waals surface area contributed by atoms with E-state index in [1.54, 1.807) is 24.5 Å². The molecule has 1 saturated heterocycles. The van der Waals surface area contributed by atoms with Crippen LogP contribution in [-0.2, 0) is 17.8 Å². The number of nitrogens with zero attached hydrogens (tertiary/aromatic N) is 4. The van der Waals surface area contributed by atoms with Crippen LogP contribution in [0.25, 0.3) is 0 Å². The van der Waals surface area contributed by atoms with Crippen LogP contribution in [0.3, 0.4) is 0 Å². The summed E-state index contributed by atoms with van der Waals surface area (Å²) >= 11 is 5.94. The maximum absolute atomic E-state index is 12.5. The fraction of sp³-hybridized carbons (Fsp3) is 0.500. The van der Waals surface area contributed by atoms with Gasteiger partial charge in [-0.25, -0.2) is 0 Å². The molecule has 1 aliphatic rings. The molecule has 2 aromatic rings. The summed E-state index contributed by atoms with van der Waals surface area (Å²) in [6.07, 6.45) is 5.56. The van der Waals surface area contributed by atoms with Crippen LogP contribution in [0, 0.1) is 0 Å². The average Bonchev–Trinajstić information content (AvgIpc) is 3.26. The predicted molar refractivity (Wildman–Crippen MR) is 95.7 cm³/mol. The first-order chi connectivity index (χ1) is 12.2. The highest BCUT2D eigenvalue weighted by molar-refractivity contribution is 6.30. The van der Waals surface area contributed by atoms with Gasteiger partial charge in [0.2, 0.25) is 0 Å². The van der Waals surface area contributed by atoms with Gasteiger partial charge in [-0.2, -0.15) is 0 Å². The second-order valence-corrected chi connectivity index (χ2v) is 6.64. The fourth-order valence-electron chi connectivity index (χ4n) is 3.28. The molecule has 1 unspecified atom stereocenters. The Morgan fingerprint density at radius 1 is 1.44 bits per heavy atom. The Morgan fingerprint density at radius 3 is 3.12 bits per heavy atom. The van der Waals surface area contributed by atoms with Gasteiger partial charge in [-0.3, -0.25) is 4.79 Å². The van der Waals surface area contributed by atoms with Crippen LogP contribution in [0.15, 0.2) is 30.6 Å². The SMILES string of the molecule is CCn1cnnc1CCC1CCCN1C(=O)COc1cccc(Cl)c1. The van der Waals surface area contributed by atoms with Crippen LogP contribution in [0.2, 0.25) is 5.02 Å². The number of aryl methyl sites for hydroxylation is 2.